The van der Waals surface area contributed by atoms with E-state index in [1.165, 1.54) is 114 Å². The smallest absolute Gasteiger partial charge is 0.164 e. The summed E-state index contributed by atoms with van der Waals surface area (Å²) in [6.07, 6.45) is 5.56. The average Bonchev–Trinajstić information content (AvgIpc) is 1.53. The summed E-state index contributed by atoms with van der Waals surface area (Å²) in [6, 6.07) is 128. The highest BCUT2D eigenvalue weighted by Crippen LogP contribution is 2.46. The number of hydrogen-bond donors (Lipinski definition) is 0. The Balaban J connectivity index is 0.000000132. The van der Waals surface area contributed by atoms with Gasteiger partial charge in [0.05, 0.1) is 66.2 Å². The van der Waals surface area contributed by atoms with Crippen LogP contribution in [0.2, 0.25) is 0 Å². The molecule has 0 aliphatic heterocycles. The Bertz CT molecular complexity index is 7390. The molecule has 0 atom stereocenters. The number of benzene rings is 16. The molecule has 110 heavy (non-hydrogen) atoms. The zero-order valence-corrected chi connectivity index (χ0v) is 59.3. The molecule has 24 aromatic rings. The van der Waals surface area contributed by atoms with Crippen molar-refractivity contribution in [2.24, 2.45) is 0 Å². The second-order valence-electron chi connectivity index (χ2n) is 28.5. The molecule has 0 N–H and O–H groups in total. The summed E-state index contributed by atoms with van der Waals surface area (Å²) < 4.78 is 14.2. The van der Waals surface area contributed by atoms with Crippen molar-refractivity contribution in [3.05, 3.63) is 377 Å². The highest BCUT2D eigenvalue weighted by Gasteiger charge is 2.26. The lowest BCUT2D eigenvalue weighted by molar-refractivity contribution is 1.08. The van der Waals surface area contributed by atoms with E-state index >= 15 is 0 Å². The van der Waals surface area contributed by atoms with Gasteiger partial charge in [0.2, 0.25) is 0 Å². The summed E-state index contributed by atoms with van der Waals surface area (Å²) in [5, 5.41) is 19.3. The molecule has 16 aromatic carbocycles. The number of nitrogens with zero attached hydrogens (tertiary/aromatic N) is 10. The van der Waals surface area contributed by atoms with Crippen LogP contribution in [0.1, 0.15) is 0 Å². The van der Waals surface area contributed by atoms with E-state index in [0.29, 0.717) is 0 Å². The first-order chi connectivity index (χ1) is 54.6. The van der Waals surface area contributed by atoms with Crippen LogP contribution in [0.15, 0.2) is 377 Å². The number of imidazole rings is 2. The van der Waals surface area contributed by atoms with Crippen molar-refractivity contribution >= 4 is 152 Å². The molecule has 0 saturated heterocycles. The molecule has 0 saturated carbocycles. The quantitative estimate of drug-likeness (QED) is 0.142. The molecule has 0 aliphatic carbocycles. The molecule has 0 fully saturated rings. The van der Waals surface area contributed by atoms with Gasteiger partial charge in [-0.05, 0) is 167 Å². The van der Waals surface area contributed by atoms with E-state index in [2.05, 4.69) is 366 Å². The van der Waals surface area contributed by atoms with Gasteiger partial charge in [-0.25, -0.2) is 9.97 Å². The van der Waals surface area contributed by atoms with Crippen molar-refractivity contribution in [2.45, 2.75) is 0 Å². The maximum absolute atomic E-state index is 5.39. The summed E-state index contributed by atoms with van der Waals surface area (Å²) in [7, 11) is 0. The third-order valence-corrected chi connectivity index (χ3v) is 22.6. The second kappa shape index (κ2) is 24.3. The number of pyridine rings is 2. The third-order valence-electron chi connectivity index (χ3n) is 22.6. The van der Waals surface area contributed by atoms with Crippen LogP contribution in [0.5, 0.6) is 0 Å². The zero-order chi connectivity index (χ0) is 72.1. The van der Waals surface area contributed by atoms with E-state index < -0.39 is 0 Å². The lowest BCUT2D eigenvalue weighted by Crippen LogP contribution is -2.00. The standard InChI is InChI=1S/2C50H31N5/c1-2-14-32(15-3-1)53-44-23-10-8-18-37(44)41-31-47-42(30-46(41)53)38-19-9-11-24-45(38)54(47)33-25-27-34(28-26-33)55-49-40-21-7-5-17-36(40)35-16-4-6-20-39(35)48(49)52-50(55)43-22-12-13-29-51-43;1-2-14-33(15-3-1)53-44-22-10-8-18-38(44)42-30-47-43(29-46(42)53)39-19-9-11-23-45(39)54(47)34-24-26-35(27-25-34)55-49-41-21-7-5-17-37(41)36-16-4-6-20-40(36)48(49)52-50(55)32-13-12-28-51-31-32/h2*1-31H. The third kappa shape index (κ3) is 9.17. The lowest BCUT2D eigenvalue weighted by atomic mass is 10.00. The number of hydrogen-bond acceptors (Lipinski definition) is 4. The molecule has 0 radical (unpaired) electrons. The molecule has 0 aliphatic rings. The molecule has 8 aromatic heterocycles. The molecular formula is C100H62N10. The van der Waals surface area contributed by atoms with Gasteiger partial charge in [0, 0.05) is 123 Å². The molecule has 10 heteroatoms. The van der Waals surface area contributed by atoms with Crippen molar-refractivity contribution in [3.8, 4) is 57.0 Å². The minimum Gasteiger partial charge on any atom is -0.309 e. The van der Waals surface area contributed by atoms with Gasteiger partial charge in [-0.3, -0.25) is 19.1 Å². The van der Waals surface area contributed by atoms with Gasteiger partial charge in [-0.15, -0.1) is 0 Å². The van der Waals surface area contributed by atoms with Crippen LogP contribution in [0.3, 0.4) is 0 Å². The number of fused-ring (bicyclic) bond motifs is 24. The fourth-order valence-electron chi connectivity index (χ4n) is 17.9. The lowest BCUT2D eigenvalue weighted by Gasteiger charge is -2.14. The van der Waals surface area contributed by atoms with Gasteiger partial charge < -0.3 is 18.3 Å². The summed E-state index contributed by atoms with van der Waals surface area (Å²) in [5.74, 6) is 1.69. The predicted octanol–water partition coefficient (Wildman–Crippen LogP) is 25.2. The maximum atomic E-state index is 5.39. The molecule has 0 bridgehead atoms. The topological polar surface area (TPSA) is 81.1 Å². The summed E-state index contributed by atoms with van der Waals surface area (Å²) in [5.41, 5.74) is 22.0. The first kappa shape index (κ1) is 61.3. The van der Waals surface area contributed by atoms with Gasteiger partial charge in [-0.1, -0.05) is 212 Å². The van der Waals surface area contributed by atoms with E-state index in [0.717, 1.165) is 95.3 Å². The fourth-order valence-corrected chi connectivity index (χ4v) is 17.9. The first-order valence-electron chi connectivity index (χ1n) is 37.3. The van der Waals surface area contributed by atoms with E-state index in [4.69, 9.17) is 15.0 Å². The van der Waals surface area contributed by atoms with Crippen molar-refractivity contribution in [1.29, 1.82) is 0 Å². The van der Waals surface area contributed by atoms with E-state index in [1.54, 1.807) is 0 Å². The second-order valence-corrected chi connectivity index (χ2v) is 28.5. The Morgan fingerprint density at radius 3 is 0.855 bits per heavy atom. The number of rotatable bonds is 8. The monoisotopic (exact) mass is 1400 g/mol. The van der Waals surface area contributed by atoms with Crippen LogP contribution in [0, 0.1) is 0 Å². The Hall–Kier alpha value is -15.0. The summed E-state index contributed by atoms with van der Waals surface area (Å²) in [4.78, 5) is 20.0. The molecule has 0 spiro atoms. The van der Waals surface area contributed by atoms with Gasteiger partial charge in [0.1, 0.15) is 11.5 Å². The Morgan fingerprint density at radius 1 is 0.191 bits per heavy atom. The molecule has 24 rings (SSSR count). The molecule has 0 amide bonds. The van der Waals surface area contributed by atoms with Crippen molar-refractivity contribution in [1.82, 2.24) is 47.3 Å². The normalized spacial score (nSPS) is 12.0. The highest BCUT2D eigenvalue weighted by molar-refractivity contribution is 6.27. The van der Waals surface area contributed by atoms with Gasteiger partial charge in [0.25, 0.3) is 0 Å². The minimum atomic E-state index is 0.818. The molecule has 8 heterocycles. The highest BCUT2D eigenvalue weighted by atomic mass is 15.1. The molecule has 512 valence electrons. The molecular weight excluding hydrogens is 1340 g/mol. The average molecular weight is 1400 g/mol. The van der Waals surface area contributed by atoms with Crippen LogP contribution < -0.4 is 0 Å². The Morgan fingerprint density at radius 2 is 0.491 bits per heavy atom. The van der Waals surface area contributed by atoms with Crippen molar-refractivity contribution in [3.63, 3.8) is 0 Å². The Kier molecular flexibility index (Phi) is 13.5. The number of aromatic nitrogens is 10. The predicted molar refractivity (Wildman–Crippen MR) is 456 cm³/mol. The van der Waals surface area contributed by atoms with Crippen LogP contribution in [-0.4, -0.2) is 47.3 Å². The summed E-state index contributed by atoms with van der Waals surface area (Å²) in [6.45, 7) is 0. The van der Waals surface area contributed by atoms with Crippen LogP contribution in [-0.2, 0) is 0 Å². The van der Waals surface area contributed by atoms with Gasteiger partial charge >= 0.3 is 0 Å². The maximum Gasteiger partial charge on any atom is 0.164 e. The first-order valence-corrected chi connectivity index (χ1v) is 37.3. The van der Waals surface area contributed by atoms with Gasteiger partial charge in [-0.2, -0.15) is 0 Å². The fraction of sp³-hybridized carbons (Fsp3) is 0. The van der Waals surface area contributed by atoms with Crippen LogP contribution in [0.25, 0.3) is 209 Å². The zero-order valence-electron chi connectivity index (χ0n) is 59.3. The van der Waals surface area contributed by atoms with Crippen molar-refractivity contribution in [2.75, 3.05) is 0 Å². The Labute approximate surface area is 629 Å². The van der Waals surface area contributed by atoms with Crippen LogP contribution in [0.4, 0.5) is 0 Å². The SMILES string of the molecule is c1ccc(-n2c3ccccc3c3cc4c(cc32)c2ccccc2n4-c2ccc(-n3c(-c4ccccn4)nc4c5ccccc5c5ccccc5c43)cc2)cc1.c1ccc(-n2c3ccccc3c3cc4c(cc32)c2ccccc2n4-c2ccc(-n3c(-c4cccnc4)nc4c5ccccc5c5ccccc5c43)cc2)cc1. The van der Waals surface area contributed by atoms with E-state index in [-0.39, 0.29) is 0 Å². The van der Waals surface area contributed by atoms with Crippen molar-refractivity contribution < 1.29 is 0 Å². The minimum absolute atomic E-state index is 0.818. The van der Waals surface area contributed by atoms with Gasteiger partial charge in [0.15, 0.2) is 5.82 Å². The largest absolute Gasteiger partial charge is 0.309 e. The molecule has 10 nitrogen and oxygen atoms in total. The number of para-hydroxylation sites is 6. The summed E-state index contributed by atoms with van der Waals surface area (Å²) >= 11 is 0. The molecule has 0 unspecified atom stereocenters. The van der Waals surface area contributed by atoms with Crippen LogP contribution >= 0.6 is 0 Å². The van der Waals surface area contributed by atoms with E-state index in [9.17, 15) is 0 Å². The van der Waals surface area contributed by atoms with E-state index in [1.807, 2.05) is 42.9 Å².